The van der Waals surface area contributed by atoms with Crippen molar-refractivity contribution < 1.29 is 4.74 Å². The Kier molecular flexibility index (Phi) is 9.66. The minimum atomic E-state index is -0.189. The minimum absolute atomic E-state index is 0.189. The molecule has 1 aliphatic rings. The van der Waals surface area contributed by atoms with Crippen molar-refractivity contribution in [2.75, 3.05) is 6.61 Å². The second kappa shape index (κ2) is 11.9. The van der Waals surface area contributed by atoms with E-state index in [1.54, 1.807) is 5.56 Å². The molecule has 1 aromatic rings. The van der Waals surface area contributed by atoms with E-state index in [2.05, 4.69) is 37.3 Å². The van der Waals surface area contributed by atoms with Crippen molar-refractivity contribution in [3.63, 3.8) is 0 Å². The first-order chi connectivity index (χ1) is 11.4. The van der Waals surface area contributed by atoms with Gasteiger partial charge in [0, 0.05) is 12.3 Å². The first kappa shape index (κ1) is 18.7. The molecule has 1 saturated heterocycles. The molecular formula is C21H36OSi. The number of ether oxygens (including phenoxy) is 1. The van der Waals surface area contributed by atoms with Crippen molar-refractivity contribution in [1.29, 1.82) is 0 Å². The van der Waals surface area contributed by atoms with E-state index in [0.717, 1.165) is 12.1 Å². The summed E-state index contributed by atoms with van der Waals surface area (Å²) in [6.45, 7) is 3.30. The highest BCUT2D eigenvalue weighted by molar-refractivity contribution is 6.39. The van der Waals surface area contributed by atoms with Gasteiger partial charge in [-0.05, 0) is 36.8 Å². The predicted molar refractivity (Wildman–Crippen MR) is 104 cm³/mol. The molecule has 1 heterocycles. The van der Waals surface area contributed by atoms with Gasteiger partial charge < -0.3 is 4.74 Å². The van der Waals surface area contributed by atoms with E-state index in [0.29, 0.717) is 5.73 Å². The third-order valence-corrected chi connectivity index (χ3v) is 7.87. The predicted octanol–water partition coefficient (Wildman–Crippen LogP) is 5.56. The van der Waals surface area contributed by atoms with Gasteiger partial charge in [-0.2, -0.15) is 0 Å². The van der Waals surface area contributed by atoms with E-state index >= 15 is 0 Å². The van der Waals surface area contributed by atoms with Gasteiger partial charge >= 0.3 is 0 Å². The molecule has 2 rings (SSSR count). The van der Waals surface area contributed by atoms with Crippen LogP contribution in [-0.2, 0) is 4.74 Å². The number of hydrogen-bond donors (Lipinski definition) is 0. The molecule has 130 valence electrons. The van der Waals surface area contributed by atoms with Gasteiger partial charge in [0.2, 0.25) is 0 Å². The van der Waals surface area contributed by atoms with Crippen LogP contribution in [0.25, 0.3) is 0 Å². The molecule has 0 amide bonds. The second-order valence-electron chi connectivity index (χ2n) is 7.24. The molecule has 0 bridgehead atoms. The lowest BCUT2D eigenvalue weighted by Gasteiger charge is -2.27. The van der Waals surface area contributed by atoms with E-state index in [1.807, 2.05) is 0 Å². The fourth-order valence-corrected chi connectivity index (χ4v) is 6.33. The Labute approximate surface area is 146 Å². The van der Waals surface area contributed by atoms with Crippen molar-refractivity contribution in [1.82, 2.24) is 0 Å². The lowest BCUT2D eigenvalue weighted by molar-refractivity contribution is 0.0642. The Morgan fingerprint density at radius 3 is 2.43 bits per heavy atom. The lowest BCUT2D eigenvalue weighted by atomic mass is 10.0. The average molecular weight is 333 g/mol. The van der Waals surface area contributed by atoms with Gasteiger partial charge in [-0.25, -0.2) is 0 Å². The summed E-state index contributed by atoms with van der Waals surface area (Å²) in [7, 11) is -0.189. The van der Waals surface area contributed by atoms with E-state index in [1.165, 1.54) is 70.6 Å². The summed E-state index contributed by atoms with van der Waals surface area (Å²) < 4.78 is 6.06. The van der Waals surface area contributed by atoms with Gasteiger partial charge in [0.1, 0.15) is 0 Å². The average Bonchev–Trinajstić information content (AvgIpc) is 2.61. The summed E-state index contributed by atoms with van der Waals surface area (Å²) in [5.74, 6) is 0. The van der Waals surface area contributed by atoms with Gasteiger partial charge in [-0.15, -0.1) is 0 Å². The van der Waals surface area contributed by atoms with Crippen LogP contribution in [0.5, 0.6) is 0 Å². The highest BCUT2D eigenvalue weighted by Crippen LogP contribution is 2.25. The highest BCUT2D eigenvalue weighted by Gasteiger charge is 2.21. The van der Waals surface area contributed by atoms with Crippen LogP contribution in [0, 0.1) is 0 Å². The molecule has 2 atom stereocenters. The first-order valence-electron chi connectivity index (χ1n) is 10.1. The summed E-state index contributed by atoms with van der Waals surface area (Å²) in [5, 5.41) is 0. The maximum absolute atomic E-state index is 6.06. The number of unbranched alkanes of at least 4 members (excludes halogenated alkanes) is 6. The standard InChI is InChI=1S/C21H36OSi/c1-2-3-4-5-6-7-11-16-20(19-14-9-8-10-15-19)23-21-17-12-13-18-22-21/h8-10,14-15,20-21H,2-7,11-13,16-18,23H2,1H3. The summed E-state index contributed by atoms with van der Waals surface area (Å²) in [5.41, 5.74) is 3.05. The Morgan fingerprint density at radius 1 is 1.00 bits per heavy atom. The van der Waals surface area contributed by atoms with Crippen molar-refractivity contribution >= 4 is 9.52 Å². The van der Waals surface area contributed by atoms with Crippen LogP contribution < -0.4 is 0 Å². The molecule has 0 saturated carbocycles. The zero-order valence-electron chi connectivity index (χ0n) is 15.1. The van der Waals surface area contributed by atoms with Gasteiger partial charge in [0.25, 0.3) is 0 Å². The van der Waals surface area contributed by atoms with E-state index < -0.39 is 0 Å². The van der Waals surface area contributed by atoms with Crippen molar-refractivity contribution in [3.8, 4) is 0 Å². The van der Waals surface area contributed by atoms with Crippen LogP contribution >= 0.6 is 0 Å². The van der Waals surface area contributed by atoms with Crippen LogP contribution in [0.4, 0.5) is 0 Å². The summed E-state index contributed by atoms with van der Waals surface area (Å²) in [6.07, 6.45) is 15.3. The molecule has 1 aliphatic heterocycles. The van der Waals surface area contributed by atoms with Gasteiger partial charge in [0.15, 0.2) is 0 Å². The third kappa shape index (κ3) is 7.67. The maximum atomic E-state index is 6.06. The molecule has 0 aliphatic carbocycles. The SMILES string of the molecule is CCCCCCCCCC([SiH2]C1CCCCO1)c1ccccc1. The molecule has 1 aromatic carbocycles. The monoisotopic (exact) mass is 332 g/mol. The van der Waals surface area contributed by atoms with E-state index in [9.17, 15) is 0 Å². The molecule has 1 fully saturated rings. The Bertz CT molecular complexity index is 386. The quantitative estimate of drug-likeness (QED) is 0.380. The minimum Gasteiger partial charge on any atom is -0.382 e. The molecular weight excluding hydrogens is 296 g/mol. The topological polar surface area (TPSA) is 9.23 Å². The zero-order chi connectivity index (χ0) is 16.2. The summed E-state index contributed by atoms with van der Waals surface area (Å²) in [6, 6.07) is 11.3. The van der Waals surface area contributed by atoms with Crippen LogP contribution in [0.1, 0.15) is 88.7 Å². The highest BCUT2D eigenvalue weighted by atomic mass is 28.2. The van der Waals surface area contributed by atoms with E-state index in [-0.39, 0.29) is 9.52 Å². The normalized spacial score (nSPS) is 20.1. The van der Waals surface area contributed by atoms with E-state index in [4.69, 9.17) is 4.74 Å². The Balaban J connectivity index is 1.75. The first-order valence-corrected chi connectivity index (χ1v) is 11.7. The van der Waals surface area contributed by atoms with Crippen LogP contribution in [0.3, 0.4) is 0 Å². The van der Waals surface area contributed by atoms with Crippen molar-refractivity contribution in [2.45, 2.75) is 88.8 Å². The smallest absolute Gasteiger partial charge is 0.0636 e. The molecule has 0 N–H and O–H groups in total. The van der Waals surface area contributed by atoms with Crippen LogP contribution in [0.15, 0.2) is 30.3 Å². The van der Waals surface area contributed by atoms with Crippen molar-refractivity contribution in [3.05, 3.63) is 35.9 Å². The second-order valence-corrected chi connectivity index (χ2v) is 9.61. The summed E-state index contributed by atoms with van der Waals surface area (Å²) >= 11 is 0. The maximum Gasteiger partial charge on any atom is 0.0636 e. The largest absolute Gasteiger partial charge is 0.382 e. The molecule has 2 heteroatoms. The Morgan fingerprint density at radius 2 is 1.74 bits per heavy atom. The lowest BCUT2D eigenvalue weighted by Crippen LogP contribution is -2.29. The molecule has 23 heavy (non-hydrogen) atoms. The van der Waals surface area contributed by atoms with Gasteiger partial charge in [-0.3, -0.25) is 0 Å². The van der Waals surface area contributed by atoms with Gasteiger partial charge in [0.05, 0.1) is 9.52 Å². The zero-order valence-corrected chi connectivity index (χ0v) is 16.6. The van der Waals surface area contributed by atoms with Crippen LogP contribution in [-0.4, -0.2) is 21.9 Å². The van der Waals surface area contributed by atoms with Gasteiger partial charge in [-0.1, -0.05) is 82.2 Å². The fourth-order valence-electron chi connectivity index (χ4n) is 3.80. The molecule has 2 unspecified atom stereocenters. The molecule has 0 aromatic heterocycles. The van der Waals surface area contributed by atoms with Crippen LogP contribution in [0.2, 0.25) is 0 Å². The molecule has 1 nitrogen and oxygen atoms in total. The number of hydrogen-bond acceptors (Lipinski definition) is 1. The number of benzene rings is 1. The molecule has 0 radical (unpaired) electrons. The molecule has 0 spiro atoms. The number of rotatable bonds is 11. The fraction of sp³-hybridized carbons (Fsp3) is 0.714. The third-order valence-electron chi connectivity index (χ3n) is 5.25. The van der Waals surface area contributed by atoms with Crippen molar-refractivity contribution in [2.24, 2.45) is 0 Å². The Hall–Kier alpha value is -0.603. The summed E-state index contributed by atoms with van der Waals surface area (Å²) in [4.78, 5) is 0.